The molecule has 0 bridgehead atoms. The Balaban J connectivity index is 2.80. The topological polar surface area (TPSA) is 32.9 Å². The van der Waals surface area contributed by atoms with Gasteiger partial charge in [0.15, 0.2) is 0 Å². The lowest BCUT2D eigenvalue weighted by molar-refractivity contribution is -0.141. The molecule has 1 heterocycles. The maximum atomic E-state index is 12.4. The first-order valence-corrected chi connectivity index (χ1v) is 4.65. The van der Waals surface area contributed by atoms with Crippen LogP contribution in [0.4, 0.5) is 13.2 Å². The number of aromatic nitrogens is 1. The van der Waals surface area contributed by atoms with E-state index in [0.29, 0.717) is 0 Å². The number of hydrogen-bond acceptors (Lipinski definition) is 1. The highest BCUT2D eigenvalue weighted by atomic mass is 35.5. The molecule has 0 radical (unpaired) electrons. The molecular formula is C10H5ClF3NO. The Hall–Kier alpha value is -1.49. The zero-order chi connectivity index (χ0) is 11.9. The second-order valence-electron chi connectivity index (χ2n) is 3.24. The van der Waals surface area contributed by atoms with Crippen LogP contribution < -0.4 is 5.56 Å². The second-order valence-corrected chi connectivity index (χ2v) is 3.68. The Bertz CT molecular complexity index is 603. The zero-order valence-corrected chi connectivity index (χ0v) is 8.49. The maximum absolute atomic E-state index is 12.4. The molecule has 1 aromatic carbocycles. The van der Waals surface area contributed by atoms with Crippen molar-refractivity contribution in [3.63, 3.8) is 0 Å². The SMILES string of the molecule is O=c1[nH]c(C(F)(F)F)cc2cc(Cl)ccc12. The number of benzene rings is 1. The van der Waals surface area contributed by atoms with E-state index < -0.39 is 17.4 Å². The number of aromatic amines is 1. The molecule has 16 heavy (non-hydrogen) atoms. The largest absolute Gasteiger partial charge is 0.431 e. The summed E-state index contributed by atoms with van der Waals surface area (Å²) >= 11 is 5.64. The van der Waals surface area contributed by atoms with Crippen molar-refractivity contribution in [2.75, 3.05) is 0 Å². The summed E-state index contributed by atoms with van der Waals surface area (Å²) in [6.07, 6.45) is -4.57. The Labute approximate surface area is 92.7 Å². The van der Waals surface area contributed by atoms with Gasteiger partial charge >= 0.3 is 6.18 Å². The van der Waals surface area contributed by atoms with Crippen LogP contribution in [0.25, 0.3) is 10.8 Å². The average molecular weight is 248 g/mol. The summed E-state index contributed by atoms with van der Waals surface area (Å²) in [5, 5.41) is 0.632. The molecule has 0 spiro atoms. The van der Waals surface area contributed by atoms with Crippen LogP contribution >= 0.6 is 11.6 Å². The van der Waals surface area contributed by atoms with Gasteiger partial charge < -0.3 is 4.98 Å². The predicted molar refractivity (Wildman–Crippen MR) is 54.6 cm³/mol. The molecule has 0 aliphatic heterocycles. The molecule has 2 aromatic rings. The number of fused-ring (bicyclic) bond motifs is 1. The zero-order valence-electron chi connectivity index (χ0n) is 7.73. The van der Waals surface area contributed by atoms with Crippen molar-refractivity contribution in [2.45, 2.75) is 6.18 Å². The van der Waals surface area contributed by atoms with E-state index >= 15 is 0 Å². The van der Waals surface area contributed by atoms with Gasteiger partial charge in [0.05, 0.1) is 0 Å². The third kappa shape index (κ3) is 1.90. The molecule has 0 unspecified atom stereocenters. The lowest BCUT2D eigenvalue weighted by Gasteiger charge is -2.07. The molecule has 2 rings (SSSR count). The van der Waals surface area contributed by atoms with Gasteiger partial charge in [-0.15, -0.1) is 0 Å². The molecule has 0 aliphatic rings. The first kappa shape index (κ1) is 11.0. The molecule has 0 aliphatic carbocycles. The number of nitrogens with one attached hydrogen (secondary N) is 1. The molecule has 0 saturated heterocycles. The van der Waals surface area contributed by atoms with Crippen LogP contribution in [0.3, 0.4) is 0 Å². The van der Waals surface area contributed by atoms with Crippen LogP contribution in [0.15, 0.2) is 29.1 Å². The fraction of sp³-hybridized carbons (Fsp3) is 0.100. The molecule has 6 heteroatoms. The van der Waals surface area contributed by atoms with Gasteiger partial charge in [-0.3, -0.25) is 4.79 Å². The fourth-order valence-electron chi connectivity index (χ4n) is 1.39. The van der Waals surface area contributed by atoms with Crippen LogP contribution in [-0.2, 0) is 6.18 Å². The van der Waals surface area contributed by atoms with Crippen LogP contribution in [0.1, 0.15) is 5.69 Å². The van der Waals surface area contributed by atoms with E-state index in [0.717, 1.165) is 6.07 Å². The van der Waals surface area contributed by atoms with Gasteiger partial charge in [0.25, 0.3) is 5.56 Å². The summed E-state index contributed by atoms with van der Waals surface area (Å²) in [4.78, 5) is 13.1. The number of rotatable bonds is 0. The number of alkyl halides is 3. The molecular weight excluding hydrogens is 243 g/mol. The highest BCUT2D eigenvalue weighted by molar-refractivity contribution is 6.31. The highest BCUT2D eigenvalue weighted by Crippen LogP contribution is 2.28. The molecule has 0 atom stereocenters. The average Bonchev–Trinajstić information content (AvgIpc) is 2.15. The lowest BCUT2D eigenvalue weighted by Crippen LogP contribution is -2.16. The summed E-state index contributed by atoms with van der Waals surface area (Å²) in [7, 11) is 0. The minimum absolute atomic E-state index is 0.170. The van der Waals surface area contributed by atoms with Crippen molar-refractivity contribution >= 4 is 22.4 Å². The van der Waals surface area contributed by atoms with Crippen molar-refractivity contribution in [1.29, 1.82) is 0 Å². The van der Waals surface area contributed by atoms with E-state index in [1.54, 1.807) is 4.98 Å². The quantitative estimate of drug-likeness (QED) is 0.762. The van der Waals surface area contributed by atoms with E-state index in [1.165, 1.54) is 18.2 Å². The van der Waals surface area contributed by atoms with Crippen molar-refractivity contribution < 1.29 is 13.2 Å². The van der Waals surface area contributed by atoms with Gasteiger partial charge in [0.2, 0.25) is 0 Å². The summed E-state index contributed by atoms with van der Waals surface area (Å²) in [6.45, 7) is 0. The number of hydrogen-bond donors (Lipinski definition) is 1. The smallest absolute Gasteiger partial charge is 0.318 e. The Morgan fingerprint density at radius 3 is 2.50 bits per heavy atom. The first-order chi connectivity index (χ1) is 7.38. The molecule has 0 saturated carbocycles. The highest BCUT2D eigenvalue weighted by Gasteiger charge is 2.32. The Morgan fingerprint density at radius 2 is 1.88 bits per heavy atom. The molecule has 1 N–H and O–H groups in total. The third-order valence-corrected chi connectivity index (χ3v) is 2.35. The maximum Gasteiger partial charge on any atom is 0.431 e. The van der Waals surface area contributed by atoms with E-state index in [2.05, 4.69) is 0 Å². The van der Waals surface area contributed by atoms with Crippen molar-refractivity contribution in [3.8, 4) is 0 Å². The fourth-order valence-corrected chi connectivity index (χ4v) is 1.57. The number of halogens is 4. The Kier molecular flexibility index (Phi) is 2.42. The summed E-state index contributed by atoms with van der Waals surface area (Å²) in [5.41, 5.74) is -1.85. The Morgan fingerprint density at radius 1 is 1.19 bits per heavy atom. The molecule has 1 aromatic heterocycles. The van der Waals surface area contributed by atoms with Crippen molar-refractivity contribution in [3.05, 3.63) is 45.3 Å². The van der Waals surface area contributed by atoms with E-state index in [-0.39, 0.29) is 15.8 Å². The lowest BCUT2D eigenvalue weighted by atomic mass is 10.1. The van der Waals surface area contributed by atoms with Gasteiger partial charge in [0.1, 0.15) is 5.69 Å². The van der Waals surface area contributed by atoms with Gasteiger partial charge in [-0.05, 0) is 29.7 Å². The van der Waals surface area contributed by atoms with E-state index in [1.807, 2.05) is 0 Å². The van der Waals surface area contributed by atoms with Gasteiger partial charge in [-0.1, -0.05) is 11.6 Å². The predicted octanol–water partition coefficient (Wildman–Crippen LogP) is 3.20. The van der Waals surface area contributed by atoms with E-state index in [9.17, 15) is 18.0 Å². The van der Waals surface area contributed by atoms with Crippen LogP contribution in [-0.4, -0.2) is 4.98 Å². The van der Waals surface area contributed by atoms with Gasteiger partial charge in [-0.2, -0.15) is 13.2 Å². The van der Waals surface area contributed by atoms with E-state index in [4.69, 9.17) is 11.6 Å². The van der Waals surface area contributed by atoms with Crippen molar-refractivity contribution in [2.24, 2.45) is 0 Å². The summed E-state index contributed by atoms with van der Waals surface area (Å²) < 4.78 is 37.2. The first-order valence-electron chi connectivity index (χ1n) is 4.28. The minimum Gasteiger partial charge on any atom is -0.318 e. The summed E-state index contributed by atoms with van der Waals surface area (Å²) in [5.74, 6) is 0. The van der Waals surface area contributed by atoms with Gasteiger partial charge in [0, 0.05) is 10.4 Å². The van der Waals surface area contributed by atoms with Crippen LogP contribution in [0.2, 0.25) is 5.02 Å². The molecule has 0 fully saturated rings. The summed E-state index contributed by atoms with van der Waals surface area (Å²) in [6, 6.07) is 5.02. The minimum atomic E-state index is -4.57. The number of pyridine rings is 1. The molecule has 84 valence electrons. The van der Waals surface area contributed by atoms with Crippen LogP contribution in [0, 0.1) is 0 Å². The van der Waals surface area contributed by atoms with Crippen LogP contribution in [0.5, 0.6) is 0 Å². The number of H-pyrrole nitrogens is 1. The standard InChI is InChI=1S/C10H5ClF3NO/c11-6-1-2-7-5(3-6)4-8(10(12,13)14)15-9(7)16/h1-4H,(H,15,16). The molecule has 0 amide bonds. The van der Waals surface area contributed by atoms with Gasteiger partial charge in [-0.25, -0.2) is 0 Å². The monoisotopic (exact) mass is 247 g/mol. The third-order valence-electron chi connectivity index (χ3n) is 2.11. The van der Waals surface area contributed by atoms with Crippen molar-refractivity contribution in [1.82, 2.24) is 4.98 Å². The normalized spacial score (nSPS) is 12.0. The molecule has 2 nitrogen and oxygen atoms in total. The second kappa shape index (κ2) is 3.52.